The number of nitrogens with zero attached hydrogens (tertiary/aromatic N) is 4. The van der Waals surface area contributed by atoms with E-state index < -0.39 is 12.6 Å². The van der Waals surface area contributed by atoms with Crippen molar-refractivity contribution in [2.75, 3.05) is 0 Å². The minimum absolute atomic E-state index is 0.0690. The Balaban J connectivity index is 1.84. The maximum Gasteiger partial charge on any atom is 0.390 e. The maximum atomic E-state index is 12.6. The molecule has 28 heavy (non-hydrogen) atoms. The zero-order chi connectivity index (χ0) is 20.1. The molecule has 0 aliphatic rings. The highest BCUT2D eigenvalue weighted by Gasteiger charge is 2.27. The normalized spacial score (nSPS) is 11.4. The minimum Gasteiger partial charge on any atom is -0.486 e. The fourth-order valence-corrected chi connectivity index (χ4v) is 2.67. The number of hydrogen-bond acceptors (Lipinski definition) is 5. The summed E-state index contributed by atoms with van der Waals surface area (Å²) in [5, 5.41) is 3.97. The zero-order valence-corrected chi connectivity index (χ0v) is 15.0. The number of alkyl halides is 3. The molecule has 0 fully saturated rings. The van der Waals surface area contributed by atoms with Gasteiger partial charge in [-0.25, -0.2) is 0 Å². The van der Waals surface area contributed by atoms with Gasteiger partial charge in [-0.2, -0.15) is 18.3 Å². The molecule has 0 radical (unpaired) electrons. The number of halogens is 3. The van der Waals surface area contributed by atoms with Gasteiger partial charge in [-0.3, -0.25) is 19.4 Å². The molecule has 0 unspecified atom stereocenters. The summed E-state index contributed by atoms with van der Waals surface area (Å²) in [6, 6.07) is 6.63. The van der Waals surface area contributed by atoms with Crippen LogP contribution in [-0.2, 0) is 13.2 Å². The van der Waals surface area contributed by atoms with Gasteiger partial charge in [0.15, 0.2) is 5.78 Å². The van der Waals surface area contributed by atoms with Crippen molar-refractivity contribution >= 4 is 5.78 Å². The number of carbonyl (C=O) groups excluding carboxylic acids is 1. The van der Waals surface area contributed by atoms with E-state index in [9.17, 15) is 18.0 Å². The Labute approximate surface area is 159 Å². The minimum atomic E-state index is -4.28. The summed E-state index contributed by atoms with van der Waals surface area (Å²) in [5.74, 6) is 0.171. The van der Waals surface area contributed by atoms with E-state index >= 15 is 0 Å². The molecule has 0 saturated heterocycles. The Bertz CT molecular complexity index is 970. The molecule has 3 rings (SSSR count). The van der Waals surface area contributed by atoms with Gasteiger partial charge in [-0.1, -0.05) is 6.07 Å². The molecule has 6 nitrogen and oxygen atoms in total. The van der Waals surface area contributed by atoms with E-state index in [4.69, 9.17) is 4.74 Å². The van der Waals surface area contributed by atoms with Gasteiger partial charge < -0.3 is 4.74 Å². The maximum absolute atomic E-state index is 12.6. The number of aryl methyl sites for hydroxylation is 1. The van der Waals surface area contributed by atoms with Crippen LogP contribution < -0.4 is 4.74 Å². The monoisotopic (exact) mass is 390 g/mol. The van der Waals surface area contributed by atoms with Gasteiger partial charge in [0.1, 0.15) is 12.4 Å². The van der Waals surface area contributed by atoms with Crippen molar-refractivity contribution in [3.8, 4) is 17.1 Å². The van der Waals surface area contributed by atoms with Crippen LogP contribution in [0.2, 0.25) is 0 Å². The van der Waals surface area contributed by atoms with Crippen molar-refractivity contribution in [2.24, 2.45) is 0 Å². The number of rotatable bonds is 7. The van der Waals surface area contributed by atoms with E-state index in [1.807, 2.05) is 0 Å². The van der Waals surface area contributed by atoms with E-state index in [1.54, 1.807) is 30.5 Å². The topological polar surface area (TPSA) is 69.9 Å². The number of ketones is 1. The number of carbonyl (C=O) groups is 1. The van der Waals surface area contributed by atoms with Crippen LogP contribution in [0.25, 0.3) is 11.4 Å². The SMILES string of the molecule is CC(=O)c1ccncc1OCc1cccnc1-c1ccnn1CCC(F)(F)F. The van der Waals surface area contributed by atoms with Gasteiger partial charge >= 0.3 is 6.18 Å². The number of aromatic nitrogens is 4. The molecule has 0 amide bonds. The Morgan fingerprint density at radius 2 is 2.00 bits per heavy atom. The Morgan fingerprint density at radius 1 is 1.18 bits per heavy atom. The second kappa shape index (κ2) is 8.20. The van der Waals surface area contributed by atoms with Crippen LogP contribution in [0.3, 0.4) is 0 Å². The third-order valence-corrected chi connectivity index (χ3v) is 4.00. The van der Waals surface area contributed by atoms with Crippen molar-refractivity contribution in [3.63, 3.8) is 0 Å². The summed E-state index contributed by atoms with van der Waals surface area (Å²) >= 11 is 0. The molecule has 0 saturated carbocycles. The predicted octanol–water partition coefficient (Wildman–Crippen LogP) is 4.07. The van der Waals surface area contributed by atoms with Gasteiger partial charge in [-0.15, -0.1) is 0 Å². The molecule has 0 aliphatic carbocycles. The molecule has 3 aromatic heterocycles. The molecule has 9 heteroatoms. The first kappa shape index (κ1) is 19.5. The predicted molar refractivity (Wildman–Crippen MR) is 94.7 cm³/mol. The Hall–Kier alpha value is -3.23. The molecule has 0 atom stereocenters. The molecule has 0 spiro atoms. The average molecular weight is 390 g/mol. The second-order valence-corrected chi connectivity index (χ2v) is 6.03. The Kier molecular flexibility index (Phi) is 5.72. The number of ether oxygens (including phenoxy) is 1. The van der Waals surface area contributed by atoms with Gasteiger partial charge in [0.25, 0.3) is 0 Å². The fourth-order valence-electron chi connectivity index (χ4n) is 2.67. The largest absolute Gasteiger partial charge is 0.486 e. The lowest BCUT2D eigenvalue weighted by Gasteiger charge is -2.13. The van der Waals surface area contributed by atoms with E-state index in [0.29, 0.717) is 28.3 Å². The highest BCUT2D eigenvalue weighted by atomic mass is 19.4. The summed E-state index contributed by atoms with van der Waals surface area (Å²) in [5.41, 5.74) is 1.97. The summed E-state index contributed by atoms with van der Waals surface area (Å²) in [6.45, 7) is 1.19. The van der Waals surface area contributed by atoms with Crippen LogP contribution in [0.4, 0.5) is 13.2 Å². The van der Waals surface area contributed by atoms with Crippen LogP contribution in [0.15, 0.2) is 49.1 Å². The van der Waals surface area contributed by atoms with Crippen LogP contribution in [0.1, 0.15) is 29.3 Å². The molecule has 0 bridgehead atoms. The molecule has 0 aliphatic heterocycles. The third kappa shape index (κ3) is 4.73. The van der Waals surface area contributed by atoms with Crippen LogP contribution in [-0.4, -0.2) is 31.7 Å². The summed E-state index contributed by atoms with van der Waals surface area (Å²) in [4.78, 5) is 20.0. The molecular weight excluding hydrogens is 373 g/mol. The van der Waals surface area contributed by atoms with E-state index in [2.05, 4.69) is 15.1 Å². The van der Waals surface area contributed by atoms with Gasteiger partial charge in [0.2, 0.25) is 0 Å². The van der Waals surface area contributed by atoms with E-state index in [-0.39, 0.29) is 18.9 Å². The fraction of sp³-hybridized carbons (Fsp3) is 0.263. The highest BCUT2D eigenvalue weighted by molar-refractivity contribution is 5.96. The molecule has 0 N–H and O–H groups in total. The van der Waals surface area contributed by atoms with Crippen molar-refractivity contribution in [2.45, 2.75) is 32.7 Å². The van der Waals surface area contributed by atoms with Crippen LogP contribution in [0.5, 0.6) is 5.75 Å². The van der Waals surface area contributed by atoms with Crippen molar-refractivity contribution < 1.29 is 22.7 Å². The van der Waals surface area contributed by atoms with Crippen LogP contribution in [0, 0.1) is 0 Å². The van der Waals surface area contributed by atoms with Crippen molar-refractivity contribution in [1.82, 2.24) is 19.7 Å². The highest BCUT2D eigenvalue weighted by Crippen LogP contribution is 2.26. The van der Waals surface area contributed by atoms with Gasteiger partial charge in [0.05, 0.1) is 36.1 Å². The first-order chi connectivity index (χ1) is 13.3. The zero-order valence-electron chi connectivity index (χ0n) is 15.0. The number of hydrogen-bond donors (Lipinski definition) is 0. The number of pyridine rings is 2. The lowest BCUT2D eigenvalue weighted by molar-refractivity contribution is -0.137. The van der Waals surface area contributed by atoms with Crippen molar-refractivity contribution in [3.05, 3.63) is 60.2 Å². The third-order valence-electron chi connectivity index (χ3n) is 4.00. The first-order valence-corrected chi connectivity index (χ1v) is 8.46. The van der Waals surface area contributed by atoms with Crippen LogP contribution >= 0.6 is 0 Å². The molecule has 146 valence electrons. The first-order valence-electron chi connectivity index (χ1n) is 8.46. The molecule has 0 aromatic carbocycles. The number of Topliss-reactive ketones (excluding diaryl/α,β-unsaturated/α-hetero) is 1. The van der Waals surface area contributed by atoms with Gasteiger partial charge in [-0.05, 0) is 25.1 Å². The summed E-state index contributed by atoms with van der Waals surface area (Å²) in [6.07, 6.45) is 0.657. The quantitative estimate of drug-likeness (QED) is 0.569. The molecular formula is C19H17F3N4O2. The molecule has 3 aromatic rings. The molecule has 3 heterocycles. The van der Waals surface area contributed by atoms with E-state index in [0.717, 1.165) is 0 Å². The summed E-state index contributed by atoms with van der Waals surface area (Å²) in [7, 11) is 0. The average Bonchev–Trinajstić information content (AvgIpc) is 3.13. The lowest BCUT2D eigenvalue weighted by atomic mass is 10.1. The Morgan fingerprint density at radius 3 is 2.75 bits per heavy atom. The summed E-state index contributed by atoms with van der Waals surface area (Å²) < 4.78 is 44.7. The lowest BCUT2D eigenvalue weighted by Crippen LogP contribution is -2.14. The second-order valence-electron chi connectivity index (χ2n) is 6.03. The standard InChI is InChI=1S/C19H17F3N4O2/c1-13(27)15-4-8-23-11-17(15)28-12-14-3-2-7-24-18(14)16-5-9-25-26(16)10-6-19(20,21)22/h2-5,7-9,11H,6,10,12H2,1H3. The van der Waals surface area contributed by atoms with E-state index in [1.165, 1.54) is 30.2 Å². The van der Waals surface area contributed by atoms with Gasteiger partial charge in [0, 0.05) is 24.2 Å². The van der Waals surface area contributed by atoms with Crippen molar-refractivity contribution in [1.29, 1.82) is 0 Å². The smallest absolute Gasteiger partial charge is 0.390 e.